The van der Waals surface area contributed by atoms with E-state index in [4.69, 9.17) is 10.7 Å². The molecule has 0 radical (unpaired) electrons. The molecule has 3 rings (SSSR count). The number of likely N-dealkylation sites (tertiary alicyclic amines) is 1. The molecule has 29 heavy (non-hydrogen) atoms. The first-order valence-electron chi connectivity index (χ1n) is 9.54. The van der Waals surface area contributed by atoms with E-state index < -0.39 is 5.91 Å². The Balaban J connectivity index is 1.87. The van der Waals surface area contributed by atoms with Crippen LogP contribution in [0.25, 0.3) is 0 Å². The van der Waals surface area contributed by atoms with E-state index in [1.807, 2.05) is 24.3 Å². The highest BCUT2D eigenvalue weighted by Gasteiger charge is 2.33. The van der Waals surface area contributed by atoms with Gasteiger partial charge in [0.05, 0.1) is 12.1 Å². The minimum absolute atomic E-state index is 0.246. The summed E-state index contributed by atoms with van der Waals surface area (Å²) in [6.45, 7) is 5.97. The quantitative estimate of drug-likeness (QED) is 0.377. The largest absolute Gasteiger partial charge is 0.378 e. The number of anilines is 1. The number of amidine groups is 1. The maximum Gasteiger partial charge on any atom is 0.248 e. The Kier molecular flexibility index (Phi) is 6.56. The van der Waals surface area contributed by atoms with Crippen molar-refractivity contribution < 1.29 is 4.79 Å². The fourth-order valence-corrected chi connectivity index (χ4v) is 3.43. The molecule has 0 unspecified atom stereocenters. The van der Waals surface area contributed by atoms with Crippen LogP contribution in [0.1, 0.15) is 28.8 Å². The van der Waals surface area contributed by atoms with Gasteiger partial charge < -0.3 is 16.0 Å². The van der Waals surface area contributed by atoms with Crippen molar-refractivity contribution in [2.75, 3.05) is 32.0 Å². The lowest BCUT2D eigenvalue weighted by molar-refractivity contribution is 0.100. The van der Waals surface area contributed by atoms with Gasteiger partial charge in [0.15, 0.2) is 0 Å². The van der Waals surface area contributed by atoms with Gasteiger partial charge in [-0.1, -0.05) is 6.07 Å². The zero-order valence-corrected chi connectivity index (χ0v) is 16.6. The molecule has 2 heterocycles. The lowest BCUT2D eigenvalue weighted by Crippen LogP contribution is -2.50. The molecule has 0 spiro atoms. The van der Waals surface area contributed by atoms with Crippen molar-refractivity contribution in [1.29, 1.82) is 0 Å². The molecule has 1 saturated heterocycles. The highest BCUT2D eigenvalue weighted by Crippen LogP contribution is 2.28. The number of nitrogens with two attached hydrogens (primary N) is 1. The molecule has 2 aromatic rings. The van der Waals surface area contributed by atoms with Crippen LogP contribution in [0.3, 0.4) is 0 Å². The van der Waals surface area contributed by atoms with Crippen LogP contribution >= 0.6 is 0 Å². The third-order valence-electron chi connectivity index (χ3n) is 5.18. The number of benzene rings is 1. The predicted octanol–water partition coefficient (Wildman–Crippen LogP) is 1.71. The Morgan fingerprint density at radius 1 is 1.24 bits per heavy atom. The fourth-order valence-electron chi connectivity index (χ4n) is 3.43. The van der Waals surface area contributed by atoms with Gasteiger partial charge in [0.1, 0.15) is 5.84 Å². The number of nitrogens with one attached hydrogen (secondary N) is 2. The minimum Gasteiger partial charge on any atom is -0.378 e. The highest BCUT2D eigenvalue weighted by atomic mass is 16.1. The molecule has 1 aromatic heterocycles. The molecular weight excluding hydrogens is 366 g/mol. The number of primary amides is 1. The van der Waals surface area contributed by atoms with Gasteiger partial charge in [-0.2, -0.15) is 5.10 Å². The second-order valence-corrected chi connectivity index (χ2v) is 7.32. The summed E-state index contributed by atoms with van der Waals surface area (Å²) >= 11 is 0. The van der Waals surface area contributed by atoms with Gasteiger partial charge in [-0.25, -0.2) is 0 Å². The van der Waals surface area contributed by atoms with E-state index in [0.29, 0.717) is 17.9 Å². The molecule has 152 valence electrons. The van der Waals surface area contributed by atoms with Crippen LogP contribution < -0.4 is 16.5 Å². The van der Waals surface area contributed by atoms with Crippen LogP contribution in [-0.2, 0) is 0 Å². The number of hydrogen-bond acceptors (Lipinski definition) is 6. The molecule has 0 bridgehead atoms. The number of aliphatic imine (C=N–C) groups is 1. The average molecular weight is 393 g/mol. The molecular formula is C21H27N7O. The summed E-state index contributed by atoms with van der Waals surface area (Å²) < 4.78 is 0. The number of piperidine rings is 1. The van der Waals surface area contributed by atoms with Gasteiger partial charge in [0, 0.05) is 49.0 Å². The monoisotopic (exact) mass is 393 g/mol. The van der Waals surface area contributed by atoms with E-state index in [0.717, 1.165) is 37.2 Å². The lowest BCUT2D eigenvalue weighted by Gasteiger charge is -2.41. The first-order valence-corrected chi connectivity index (χ1v) is 9.54. The van der Waals surface area contributed by atoms with Gasteiger partial charge in [-0.3, -0.25) is 20.2 Å². The van der Waals surface area contributed by atoms with E-state index in [2.05, 4.69) is 39.5 Å². The summed E-state index contributed by atoms with van der Waals surface area (Å²) in [6, 6.07) is 11.0. The van der Waals surface area contributed by atoms with Crippen molar-refractivity contribution in [3.63, 3.8) is 0 Å². The summed E-state index contributed by atoms with van der Waals surface area (Å²) in [5.74, 6) is 0.207. The summed E-state index contributed by atoms with van der Waals surface area (Å²) in [5.41, 5.74) is 10.3. The Hall–Kier alpha value is -3.26. The SMILES string of the molecule is C=NNC(=NCC1(Nc2cccc(C(N)=O)c2)CCN(C)CC1)c1ccncc1. The van der Waals surface area contributed by atoms with Crippen LogP contribution in [0.15, 0.2) is 58.9 Å². The van der Waals surface area contributed by atoms with Gasteiger partial charge in [-0.15, -0.1) is 0 Å². The fraction of sp³-hybridized carbons (Fsp3) is 0.333. The first-order chi connectivity index (χ1) is 14.0. The normalized spacial score (nSPS) is 16.8. The van der Waals surface area contributed by atoms with Crippen molar-refractivity contribution in [3.05, 3.63) is 59.9 Å². The Bertz CT molecular complexity index is 874. The second-order valence-electron chi connectivity index (χ2n) is 7.32. The van der Waals surface area contributed by atoms with E-state index in [-0.39, 0.29) is 5.54 Å². The number of nitrogens with zero attached hydrogens (tertiary/aromatic N) is 4. The molecule has 4 N–H and O–H groups in total. The van der Waals surface area contributed by atoms with Gasteiger partial charge in [-0.05, 0) is 50.2 Å². The van der Waals surface area contributed by atoms with Crippen LogP contribution in [-0.4, -0.2) is 60.6 Å². The molecule has 0 saturated carbocycles. The zero-order valence-electron chi connectivity index (χ0n) is 16.6. The second kappa shape index (κ2) is 9.29. The smallest absolute Gasteiger partial charge is 0.248 e. The summed E-state index contributed by atoms with van der Waals surface area (Å²) in [5, 5.41) is 7.43. The average Bonchev–Trinajstić information content (AvgIpc) is 2.74. The molecule has 1 aliphatic heterocycles. The number of carbonyl (C=O) groups excluding carboxylic acids is 1. The Morgan fingerprint density at radius 3 is 2.62 bits per heavy atom. The predicted molar refractivity (Wildman–Crippen MR) is 116 cm³/mol. The van der Waals surface area contributed by atoms with E-state index >= 15 is 0 Å². The standard InChI is InChI=1S/C21H27N7O/c1-23-27-20(16-6-10-24-11-7-16)25-15-21(8-12-28(2)13-9-21)26-18-5-3-4-17(14-18)19(22)29/h3-7,10-11,14,26H,1,8-9,12-13,15H2,2H3,(H2,22,29)(H,25,27). The molecule has 0 aliphatic carbocycles. The summed E-state index contributed by atoms with van der Waals surface area (Å²) in [4.78, 5) is 22.7. The van der Waals surface area contributed by atoms with Gasteiger partial charge >= 0.3 is 0 Å². The number of hydrogen-bond donors (Lipinski definition) is 3. The summed E-state index contributed by atoms with van der Waals surface area (Å²) in [6.07, 6.45) is 5.26. The maximum atomic E-state index is 11.5. The van der Waals surface area contributed by atoms with Crippen molar-refractivity contribution in [2.24, 2.45) is 15.8 Å². The number of aromatic nitrogens is 1. The topological polar surface area (TPSA) is 108 Å². The van der Waals surface area contributed by atoms with Crippen LogP contribution in [0.2, 0.25) is 0 Å². The molecule has 1 amide bonds. The van der Waals surface area contributed by atoms with Crippen LogP contribution in [0.4, 0.5) is 5.69 Å². The van der Waals surface area contributed by atoms with Gasteiger partial charge in [0.25, 0.3) is 0 Å². The molecule has 8 heteroatoms. The van der Waals surface area contributed by atoms with Gasteiger partial charge in [0.2, 0.25) is 5.91 Å². The first kappa shape index (κ1) is 20.5. The number of pyridine rings is 1. The number of rotatable bonds is 7. The lowest BCUT2D eigenvalue weighted by atomic mass is 9.87. The minimum atomic E-state index is -0.440. The van der Waals surface area contributed by atoms with Crippen LogP contribution in [0.5, 0.6) is 0 Å². The van der Waals surface area contributed by atoms with Crippen LogP contribution in [0, 0.1) is 0 Å². The zero-order chi connectivity index (χ0) is 20.7. The molecule has 1 aliphatic rings. The van der Waals surface area contributed by atoms with Crippen molar-refractivity contribution in [1.82, 2.24) is 15.3 Å². The molecule has 8 nitrogen and oxygen atoms in total. The van der Waals surface area contributed by atoms with Crippen molar-refractivity contribution in [3.8, 4) is 0 Å². The Labute approximate surface area is 170 Å². The summed E-state index contributed by atoms with van der Waals surface area (Å²) in [7, 11) is 2.12. The number of carbonyl (C=O) groups is 1. The number of hydrazone groups is 1. The number of amides is 1. The van der Waals surface area contributed by atoms with E-state index in [1.165, 1.54) is 0 Å². The third-order valence-corrected chi connectivity index (χ3v) is 5.18. The van der Waals surface area contributed by atoms with Crippen molar-refractivity contribution in [2.45, 2.75) is 18.4 Å². The Morgan fingerprint density at radius 2 is 1.97 bits per heavy atom. The van der Waals surface area contributed by atoms with Crippen molar-refractivity contribution >= 4 is 24.1 Å². The molecule has 1 fully saturated rings. The maximum absolute atomic E-state index is 11.5. The molecule has 0 atom stereocenters. The van der Waals surface area contributed by atoms with E-state index in [9.17, 15) is 4.79 Å². The molecule has 1 aromatic carbocycles. The van der Waals surface area contributed by atoms with E-state index in [1.54, 1.807) is 24.5 Å². The highest BCUT2D eigenvalue weighted by molar-refractivity contribution is 5.98. The third kappa shape index (κ3) is 5.39.